The van der Waals surface area contributed by atoms with Crippen molar-refractivity contribution in [2.45, 2.75) is 69.1 Å². The van der Waals surface area contributed by atoms with Crippen LogP contribution in [0.15, 0.2) is 0 Å². The van der Waals surface area contributed by atoms with Gasteiger partial charge >= 0.3 is 6.09 Å². The van der Waals surface area contributed by atoms with Crippen LogP contribution in [0.1, 0.15) is 51.9 Å². The molecule has 1 saturated carbocycles. The Labute approximate surface area is 108 Å². The zero-order chi connectivity index (χ0) is 13.0. The van der Waals surface area contributed by atoms with Gasteiger partial charge in [-0.2, -0.15) is 0 Å². The second-order valence-electron chi connectivity index (χ2n) is 6.30. The monoisotopic (exact) mass is 253 g/mol. The lowest BCUT2D eigenvalue weighted by molar-refractivity contribution is -0.0244. The number of methoxy groups -OCH3 is 1. The molecule has 4 nitrogen and oxygen atoms in total. The number of carbonyl (C=O) groups is 1. The number of hydrogen-bond donors (Lipinski definition) is 1. The highest BCUT2D eigenvalue weighted by molar-refractivity contribution is 5.70. The van der Waals surface area contributed by atoms with E-state index in [-0.39, 0.29) is 23.6 Å². The highest BCUT2D eigenvalue weighted by Crippen LogP contribution is 2.65. The fourth-order valence-electron chi connectivity index (χ4n) is 4.52. The van der Waals surface area contributed by atoms with E-state index >= 15 is 0 Å². The Morgan fingerprint density at radius 2 is 2.28 bits per heavy atom. The van der Waals surface area contributed by atoms with E-state index in [4.69, 9.17) is 4.74 Å². The molecule has 0 spiro atoms. The molecule has 3 fully saturated rings. The van der Waals surface area contributed by atoms with Crippen molar-refractivity contribution in [3.63, 3.8) is 0 Å². The molecule has 0 aromatic carbocycles. The second-order valence-corrected chi connectivity index (χ2v) is 6.30. The van der Waals surface area contributed by atoms with Crippen LogP contribution in [0.2, 0.25) is 0 Å². The van der Waals surface area contributed by atoms with Crippen molar-refractivity contribution in [1.29, 1.82) is 0 Å². The number of aliphatic hydroxyl groups is 1. The summed E-state index contributed by atoms with van der Waals surface area (Å²) in [4.78, 5) is 14.1. The van der Waals surface area contributed by atoms with Crippen LogP contribution < -0.4 is 0 Å². The third kappa shape index (κ3) is 1.44. The number of fused-ring (bicyclic) bond motifs is 4. The summed E-state index contributed by atoms with van der Waals surface area (Å²) in [5.74, 6) is 0.286. The highest BCUT2D eigenvalue weighted by atomic mass is 16.5. The molecule has 4 atom stereocenters. The Morgan fingerprint density at radius 3 is 2.94 bits per heavy atom. The predicted molar refractivity (Wildman–Crippen MR) is 67.2 cm³/mol. The van der Waals surface area contributed by atoms with Gasteiger partial charge in [-0.15, -0.1) is 0 Å². The maximum atomic E-state index is 12.1. The number of ether oxygens (including phenoxy) is 1. The van der Waals surface area contributed by atoms with Gasteiger partial charge in [-0.05, 0) is 32.1 Å². The number of carbonyl (C=O) groups excluding carboxylic acids is 1. The highest BCUT2D eigenvalue weighted by Gasteiger charge is 2.72. The van der Waals surface area contributed by atoms with Gasteiger partial charge in [0.1, 0.15) is 0 Å². The molecule has 1 N–H and O–H groups in total. The van der Waals surface area contributed by atoms with Crippen molar-refractivity contribution in [2.75, 3.05) is 7.11 Å². The minimum absolute atomic E-state index is 0.110. The van der Waals surface area contributed by atoms with E-state index in [1.807, 2.05) is 4.90 Å². The van der Waals surface area contributed by atoms with E-state index in [0.29, 0.717) is 0 Å². The summed E-state index contributed by atoms with van der Waals surface area (Å²) in [7, 11) is 1.46. The molecule has 2 saturated heterocycles. The van der Waals surface area contributed by atoms with Gasteiger partial charge in [0, 0.05) is 12.0 Å². The quantitative estimate of drug-likeness (QED) is 0.839. The molecule has 1 aliphatic carbocycles. The topological polar surface area (TPSA) is 49.8 Å². The van der Waals surface area contributed by atoms with Crippen molar-refractivity contribution in [2.24, 2.45) is 5.92 Å². The Hall–Kier alpha value is -0.770. The maximum absolute atomic E-state index is 12.1. The minimum atomic E-state index is -0.473. The van der Waals surface area contributed by atoms with Crippen LogP contribution >= 0.6 is 0 Å². The van der Waals surface area contributed by atoms with Gasteiger partial charge in [-0.1, -0.05) is 19.8 Å². The minimum Gasteiger partial charge on any atom is -0.453 e. The fourth-order valence-corrected chi connectivity index (χ4v) is 4.52. The van der Waals surface area contributed by atoms with Gasteiger partial charge in [0.25, 0.3) is 0 Å². The van der Waals surface area contributed by atoms with Gasteiger partial charge in [0.2, 0.25) is 0 Å². The fraction of sp³-hybridized carbons (Fsp3) is 0.929. The summed E-state index contributed by atoms with van der Waals surface area (Å²) < 4.78 is 4.98. The second kappa shape index (κ2) is 3.86. The van der Waals surface area contributed by atoms with Gasteiger partial charge in [0.15, 0.2) is 0 Å². The summed E-state index contributed by atoms with van der Waals surface area (Å²) in [6, 6.07) is 0.193. The molecule has 0 unspecified atom stereocenters. The Morgan fingerprint density at radius 1 is 1.50 bits per heavy atom. The standard InChI is InChI=1S/C14H23NO3/c1-3-4-6-13-7-5-10(15(13)12(16)18-2)8-14(17)9-11(13)14/h10-11,17H,3-9H2,1-2H3/t10-,11+,13+,14-/m0/s1. The number of unbranched alkanes of at least 4 members (excludes halogenated alkanes) is 1. The Bertz CT molecular complexity index is 372. The normalized spacial score (nSPS) is 44.7. The van der Waals surface area contributed by atoms with Crippen molar-refractivity contribution < 1.29 is 14.6 Å². The van der Waals surface area contributed by atoms with Crippen molar-refractivity contribution in [1.82, 2.24) is 4.90 Å². The lowest BCUT2D eigenvalue weighted by Crippen LogP contribution is -2.57. The van der Waals surface area contributed by atoms with Gasteiger partial charge in [-0.25, -0.2) is 4.79 Å². The first kappa shape index (κ1) is 12.3. The molecule has 4 heteroatoms. The van der Waals surface area contributed by atoms with Crippen LogP contribution in [0.25, 0.3) is 0 Å². The molecule has 2 aliphatic heterocycles. The van der Waals surface area contributed by atoms with E-state index in [2.05, 4.69) is 6.92 Å². The van der Waals surface area contributed by atoms with Crippen molar-refractivity contribution in [3.8, 4) is 0 Å². The largest absolute Gasteiger partial charge is 0.453 e. The Kier molecular flexibility index (Phi) is 2.63. The molecule has 18 heavy (non-hydrogen) atoms. The molecular formula is C14H23NO3. The smallest absolute Gasteiger partial charge is 0.410 e. The summed E-state index contributed by atoms with van der Waals surface area (Å²) in [5.41, 5.74) is -0.583. The molecule has 0 aromatic heterocycles. The predicted octanol–water partition coefficient (Wildman–Crippen LogP) is 2.30. The molecule has 0 aromatic rings. The van der Waals surface area contributed by atoms with Crippen LogP contribution in [0, 0.1) is 5.92 Å². The molecule has 0 radical (unpaired) electrons. The molecule has 1 amide bonds. The van der Waals surface area contributed by atoms with E-state index in [1.165, 1.54) is 7.11 Å². The first-order chi connectivity index (χ1) is 8.57. The van der Waals surface area contributed by atoms with Crippen molar-refractivity contribution >= 4 is 6.09 Å². The van der Waals surface area contributed by atoms with Crippen molar-refractivity contribution in [3.05, 3.63) is 0 Å². The average Bonchev–Trinajstić information content (AvgIpc) is 2.94. The number of nitrogens with zero attached hydrogens (tertiary/aromatic N) is 1. The van der Waals surface area contributed by atoms with E-state index in [1.54, 1.807) is 0 Å². The van der Waals surface area contributed by atoms with Crippen LogP contribution in [0.3, 0.4) is 0 Å². The molecule has 102 valence electrons. The van der Waals surface area contributed by atoms with E-state index in [0.717, 1.165) is 44.9 Å². The zero-order valence-corrected chi connectivity index (χ0v) is 11.3. The number of rotatable bonds is 3. The number of piperidine rings is 1. The lowest BCUT2D eigenvalue weighted by atomic mass is 9.82. The van der Waals surface area contributed by atoms with E-state index in [9.17, 15) is 9.90 Å². The molecule has 3 aliphatic rings. The average molecular weight is 253 g/mol. The summed E-state index contributed by atoms with van der Waals surface area (Å²) >= 11 is 0. The van der Waals surface area contributed by atoms with Gasteiger partial charge < -0.3 is 9.84 Å². The van der Waals surface area contributed by atoms with E-state index < -0.39 is 5.60 Å². The zero-order valence-electron chi connectivity index (χ0n) is 11.3. The summed E-state index contributed by atoms with van der Waals surface area (Å²) in [5, 5.41) is 10.5. The number of hydrogen-bond acceptors (Lipinski definition) is 3. The van der Waals surface area contributed by atoms with Gasteiger partial charge in [0.05, 0.1) is 18.2 Å². The number of amides is 1. The Balaban J connectivity index is 1.91. The maximum Gasteiger partial charge on any atom is 0.410 e. The third-order valence-corrected chi connectivity index (χ3v) is 5.37. The van der Waals surface area contributed by atoms with Crippen LogP contribution in [0.5, 0.6) is 0 Å². The first-order valence-corrected chi connectivity index (χ1v) is 7.17. The molecular weight excluding hydrogens is 230 g/mol. The molecule has 2 bridgehead atoms. The molecule has 2 heterocycles. The SMILES string of the molecule is CCCC[C@@]12CC[C@@H](C[C@]3(O)C[C@@H]31)N2C(=O)OC. The van der Waals surface area contributed by atoms with Gasteiger partial charge in [-0.3, -0.25) is 4.90 Å². The van der Waals surface area contributed by atoms with Crippen LogP contribution in [0.4, 0.5) is 4.79 Å². The van der Waals surface area contributed by atoms with Crippen LogP contribution in [-0.4, -0.2) is 40.4 Å². The molecule has 3 rings (SSSR count). The summed E-state index contributed by atoms with van der Waals surface area (Å²) in [6.45, 7) is 2.17. The third-order valence-electron chi connectivity index (χ3n) is 5.37. The van der Waals surface area contributed by atoms with Crippen LogP contribution in [-0.2, 0) is 4.74 Å². The first-order valence-electron chi connectivity index (χ1n) is 7.17. The lowest BCUT2D eigenvalue weighted by Gasteiger charge is -2.45. The summed E-state index contributed by atoms with van der Waals surface area (Å²) in [6.07, 6.45) is 6.77.